The Bertz CT molecular complexity index is 1430. The summed E-state index contributed by atoms with van der Waals surface area (Å²) in [7, 11) is 1.65. The molecule has 2 amide bonds. The summed E-state index contributed by atoms with van der Waals surface area (Å²) in [5, 5.41) is 3.29. The molecule has 4 aliphatic rings. The zero-order valence-electron chi connectivity index (χ0n) is 29.1. The fraction of sp³-hybridized carbons (Fsp3) is 0.605. The van der Waals surface area contributed by atoms with Gasteiger partial charge in [-0.05, 0) is 82.2 Å². The first-order chi connectivity index (χ1) is 22.6. The van der Waals surface area contributed by atoms with Crippen LogP contribution in [0.5, 0.6) is 5.75 Å². The smallest absolute Gasteiger partial charge is 0.270 e. The van der Waals surface area contributed by atoms with Crippen molar-refractivity contribution in [1.82, 2.24) is 5.32 Å². The number of amides is 2. The molecule has 0 unspecified atom stereocenters. The number of carbonyl (C=O) groups excluding carboxylic acids is 3. The summed E-state index contributed by atoms with van der Waals surface area (Å²) >= 11 is 0. The van der Waals surface area contributed by atoms with E-state index in [1.165, 1.54) is 11.1 Å². The highest BCUT2D eigenvalue weighted by atomic mass is 16.5. The van der Waals surface area contributed by atoms with Gasteiger partial charge in [-0.25, -0.2) is 0 Å². The van der Waals surface area contributed by atoms with E-state index in [-0.39, 0.29) is 36.9 Å². The predicted octanol–water partition coefficient (Wildman–Crippen LogP) is 5.92. The number of ketones is 1. The van der Waals surface area contributed by atoms with Crippen molar-refractivity contribution in [3.8, 4) is 5.75 Å². The average molecular weight is 650 g/mol. The molecule has 0 radical (unpaired) electrons. The Hall–Kier alpha value is -3.27. The molecular formula is C38H55N3O6. The maximum Gasteiger partial charge on any atom is 0.270 e. The van der Waals surface area contributed by atoms with Gasteiger partial charge in [0.1, 0.15) is 11.5 Å². The number of ether oxygens (including phenoxy) is 3. The van der Waals surface area contributed by atoms with Gasteiger partial charge in [0.15, 0.2) is 5.60 Å². The second kappa shape index (κ2) is 15.3. The molecule has 0 aromatic heterocycles. The maximum atomic E-state index is 13.7. The Morgan fingerprint density at radius 3 is 2.53 bits per heavy atom. The largest absolute Gasteiger partial charge is 0.476 e. The molecule has 0 bridgehead atoms. The molecular weight excluding hydrogens is 594 g/mol. The van der Waals surface area contributed by atoms with E-state index >= 15 is 0 Å². The first kappa shape index (κ1) is 35.0. The van der Waals surface area contributed by atoms with Crippen molar-refractivity contribution >= 4 is 29.0 Å². The minimum absolute atomic E-state index is 0. The van der Waals surface area contributed by atoms with E-state index in [4.69, 9.17) is 14.2 Å². The summed E-state index contributed by atoms with van der Waals surface area (Å²) in [5.74, 6) is 1.02. The van der Waals surface area contributed by atoms with Gasteiger partial charge in [0.2, 0.25) is 5.91 Å². The van der Waals surface area contributed by atoms with Crippen molar-refractivity contribution in [3.05, 3.63) is 53.6 Å². The number of rotatable bonds is 11. The number of nitrogens with zero attached hydrogens (tertiary/aromatic N) is 2. The first-order valence-corrected chi connectivity index (χ1v) is 17.5. The third-order valence-corrected chi connectivity index (χ3v) is 9.93. The average Bonchev–Trinajstić information content (AvgIpc) is 3.86. The topological polar surface area (TPSA) is 97.4 Å². The molecule has 1 N–H and O–H groups in total. The Morgan fingerprint density at radius 1 is 1.11 bits per heavy atom. The molecule has 2 heterocycles. The van der Waals surface area contributed by atoms with Gasteiger partial charge in [-0.15, -0.1) is 0 Å². The number of fused-ring (bicyclic) bond motifs is 2. The lowest BCUT2D eigenvalue weighted by Crippen LogP contribution is -2.53. The third kappa shape index (κ3) is 7.90. The molecule has 9 heteroatoms. The summed E-state index contributed by atoms with van der Waals surface area (Å²) < 4.78 is 16.9. The van der Waals surface area contributed by atoms with Gasteiger partial charge in [0.25, 0.3) is 5.91 Å². The van der Waals surface area contributed by atoms with E-state index in [0.717, 1.165) is 31.6 Å². The van der Waals surface area contributed by atoms with E-state index < -0.39 is 5.60 Å². The van der Waals surface area contributed by atoms with Crippen LogP contribution >= 0.6 is 0 Å². The summed E-state index contributed by atoms with van der Waals surface area (Å²) in [6, 6.07) is 14.5. The highest BCUT2D eigenvalue weighted by Gasteiger charge is 2.43. The van der Waals surface area contributed by atoms with Gasteiger partial charge >= 0.3 is 0 Å². The minimum Gasteiger partial charge on any atom is -0.476 e. The number of hydrogen-bond donors (Lipinski definition) is 1. The standard InChI is InChI=1S/C26H37N3O5.C12H16O.H2/c1-5-22(30)17-13-18(16-27-15-17)24(31)29(19-7-8-19)20-9-10-23-21(14-20)28(11-6-12-33-4)25(32)26(2,3)34-23;1-3-13-12-8-10-6-4-5-7-11(10)9(12)2;/h9-10,14,17-19,27H,5-8,11-13,15-16H2,1-4H3;4-7,9,12H,3,8H2,1-2H3;1H/t17-,18+;9-,12-;/m01./s1. The Balaban J connectivity index is 0.000000310. The van der Waals surface area contributed by atoms with Crippen molar-refractivity contribution in [1.29, 1.82) is 0 Å². The van der Waals surface area contributed by atoms with Crippen LogP contribution in [0, 0.1) is 11.8 Å². The second-order valence-electron chi connectivity index (χ2n) is 13.8. The lowest BCUT2D eigenvalue weighted by molar-refractivity contribution is -0.132. The Labute approximate surface area is 281 Å². The molecule has 6 rings (SSSR count). The minimum atomic E-state index is -0.956. The molecule has 2 aromatic carbocycles. The number of nitrogens with one attached hydrogen (secondary N) is 1. The normalized spacial score (nSPS) is 24.4. The summed E-state index contributed by atoms with van der Waals surface area (Å²) in [6.45, 7) is 12.9. The fourth-order valence-electron chi connectivity index (χ4n) is 7.18. The quantitative estimate of drug-likeness (QED) is 0.302. The van der Waals surface area contributed by atoms with Crippen LogP contribution in [0.3, 0.4) is 0 Å². The molecule has 1 saturated carbocycles. The molecule has 2 aliphatic carbocycles. The molecule has 1 saturated heterocycles. The molecule has 2 aliphatic heterocycles. The van der Waals surface area contributed by atoms with E-state index in [1.54, 1.807) is 25.9 Å². The number of carbonyl (C=O) groups is 3. The maximum absolute atomic E-state index is 13.7. The number of anilines is 2. The predicted molar refractivity (Wildman–Crippen MR) is 186 cm³/mol. The van der Waals surface area contributed by atoms with Gasteiger partial charge in [0.05, 0.1) is 17.7 Å². The summed E-state index contributed by atoms with van der Waals surface area (Å²) in [6.07, 6.45) is 5.20. The monoisotopic (exact) mass is 649 g/mol. The van der Waals surface area contributed by atoms with Crippen LogP contribution < -0.4 is 19.9 Å². The molecule has 258 valence electrons. The summed E-state index contributed by atoms with van der Waals surface area (Å²) in [4.78, 5) is 42.8. The summed E-state index contributed by atoms with van der Waals surface area (Å²) in [5.41, 5.74) is 3.46. The van der Waals surface area contributed by atoms with Crippen LogP contribution in [-0.2, 0) is 30.3 Å². The van der Waals surface area contributed by atoms with Crippen LogP contribution in [0.25, 0.3) is 0 Å². The van der Waals surface area contributed by atoms with Crippen LogP contribution in [0.2, 0.25) is 0 Å². The third-order valence-electron chi connectivity index (χ3n) is 9.93. The van der Waals surface area contributed by atoms with E-state index in [9.17, 15) is 14.4 Å². The molecule has 47 heavy (non-hydrogen) atoms. The number of hydrogen-bond acceptors (Lipinski definition) is 7. The second-order valence-corrected chi connectivity index (χ2v) is 13.8. The number of piperidine rings is 1. The van der Waals surface area contributed by atoms with Crippen molar-refractivity contribution in [3.63, 3.8) is 0 Å². The van der Waals surface area contributed by atoms with Crippen molar-refractivity contribution in [2.75, 3.05) is 49.8 Å². The molecule has 0 spiro atoms. The van der Waals surface area contributed by atoms with E-state index in [1.807, 2.05) is 30.0 Å². The highest BCUT2D eigenvalue weighted by molar-refractivity contribution is 6.04. The SMILES string of the molecule is CCC(=O)[C@@H]1CNC[C@H](C(=O)N(c2ccc3c(c2)N(CCCOC)C(=O)C(C)(C)O3)C2CC2)C1.CCO[C@@H]1Cc2ccccc2[C@H]1C.[HH]. The van der Waals surface area contributed by atoms with Crippen molar-refractivity contribution in [2.24, 2.45) is 11.8 Å². The first-order valence-electron chi connectivity index (χ1n) is 17.5. The molecule has 2 fully saturated rings. The lowest BCUT2D eigenvalue weighted by atomic mass is 9.86. The van der Waals surface area contributed by atoms with Crippen LogP contribution in [0.4, 0.5) is 11.4 Å². The van der Waals surface area contributed by atoms with E-state index in [2.05, 4.69) is 43.4 Å². The van der Waals surface area contributed by atoms with Crippen molar-refractivity contribution in [2.45, 2.75) is 96.8 Å². The lowest BCUT2D eigenvalue weighted by Gasteiger charge is -2.39. The fourth-order valence-corrected chi connectivity index (χ4v) is 7.18. The molecule has 2 aromatic rings. The molecule has 4 atom stereocenters. The van der Waals surface area contributed by atoms with Crippen LogP contribution in [-0.4, -0.2) is 75.3 Å². The van der Waals surface area contributed by atoms with Gasteiger partial charge in [-0.1, -0.05) is 38.1 Å². The van der Waals surface area contributed by atoms with Crippen LogP contribution in [0.1, 0.15) is 85.2 Å². The Morgan fingerprint density at radius 2 is 1.85 bits per heavy atom. The van der Waals surface area contributed by atoms with Gasteiger partial charge < -0.3 is 29.3 Å². The number of methoxy groups -OCH3 is 1. The van der Waals surface area contributed by atoms with Crippen LogP contribution in [0.15, 0.2) is 42.5 Å². The molecule has 9 nitrogen and oxygen atoms in total. The Kier molecular flexibility index (Phi) is 11.4. The van der Waals surface area contributed by atoms with Gasteiger partial charge in [0, 0.05) is 71.4 Å². The zero-order chi connectivity index (χ0) is 33.7. The number of benzene rings is 2. The van der Waals surface area contributed by atoms with E-state index in [0.29, 0.717) is 69.0 Å². The van der Waals surface area contributed by atoms with Gasteiger partial charge in [-0.3, -0.25) is 14.4 Å². The zero-order valence-corrected chi connectivity index (χ0v) is 29.1. The van der Waals surface area contributed by atoms with Crippen molar-refractivity contribution < 1.29 is 30.0 Å². The highest BCUT2D eigenvalue weighted by Crippen LogP contribution is 2.43. The van der Waals surface area contributed by atoms with Gasteiger partial charge in [-0.2, -0.15) is 0 Å². The number of Topliss-reactive ketones (excluding diaryl/α,β-unsaturated/α-hetero) is 1.